The zero-order valence-electron chi connectivity index (χ0n) is 20.4. The van der Waals surface area contributed by atoms with Crippen LogP contribution in [-0.4, -0.2) is 28.6 Å². The number of benzene rings is 3. The van der Waals surface area contributed by atoms with Gasteiger partial charge in [0, 0.05) is 30.1 Å². The molecule has 0 aliphatic rings. The number of unbranched alkanes of at least 4 members (excludes halogenated alkanes) is 1. The number of rotatable bonds is 11. The molecule has 1 N–H and O–H groups in total. The molecule has 182 valence electrons. The molecule has 4 rings (SSSR count). The second kappa shape index (κ2) is 11.9. The van der Waals surface area contributed by atoms with Crippen LogP contribution in [0.4, 0.5) is 0 Å². The van der Waals surface area contributed by atoms with Crippen molar-refractivity contribution in [2.45, 2.75) is 46.1 Å². The number of nitrogens with one attached hydrogen (secondary N) is 1. The number of aryl methyl sites for hydroxylation is 4. The molecule has 5 nitrogen and oxygen atoms in total. The van der Waals surface area contributed by atoms with E-state index in [9.17, 15) is 4.79 Å². The third-order valence-corrected chi connectivity index (χ3v) is 6.19. The van der Waals surface area contributed by atoms with Crippen molar-refractivity contribution in [1.82, 2.24) is 14.9 Å². The van der Waals surface area contributed by atoms with Crippen LogP contribution in [0.15, 0.2) is 66.7 Å². The van der Waals surface area contributed by atoms with Gasteiger partial charge in [-0.25, -0.2) is 4.98 Å². The van der Waals surface area contributed by atoms with Gasteiger partial charge in [0.05, 0.1) is 17.6 Å². The summed E-state index contributed by atoms with van der Waals surface area (Å²) in [4.78, 5) is 17.2. The number of nitrogens with zero attached hydrogens (tertiary/aromatic N) is 2. The number of ether oxygens (including phenoxy) is 1. The number of hydrogen-bond donors (Lipinski definition) is 1. The van der Waals surface area contributed by atoms with Crippen LogP contribution in [0.25, 0.3) is 11.0 Å². The van der Waals surface area contributed by atoms with Crippen LogP contribution in [0.3, 0.4) is 0 Å². The molecule has 0 saturated heterocycles. The third kappa shape index (κ3) is 6.86. The molecule has 0 spiro atoms. The number of para-hydroxylation sites is 2. The van der Waals surface area contributed by atoms with Crippen molar-refractivity contribution in [3.8, 4) is 5.75 Å². The van der Waals surface area contributed by atoms with E-state index in [0.717, 1.165) is 54.8 Å². The maximum atomic E-state index is 12.3. The van der Waals surface area contributed by atoms with Gasteiger partial charge in [0.25, 0.3) is 5.91 Å². The van der Waals surface area contributed by atoms with Crippen LogP contribution >= 0.6 is 11.6 Å². The summed E-state index contributed by atoms with van der Waals surface area (Å²) in [5.74, 6) is 1.91. The lowest BCUT2D eigenvalue weighted by Gasteiger charge is -2.11. The van der Waals surface area contributed by atoms with Gasteiger partial charge in [-0.1, -0.05) is 29.8 Å². The lowest BCUT2D eigenvalue weighted by molar-refractivity contribution is 0.0953. The maximum Gasteiger partial charge on any atom is 0.251 e. The zero-order valence-corrected chi connectivity index (χ0v) is 21.1. The summed E-state index contributed by atoms with van der Waals surface area (Å²) in [6, 6.07) is 21.5. The van der Waals surface area contributed by atoms with E-state index in [1.807, 2.05) is 6.07 Å². The van der Waals surface area contributed by atoms with Crippen molar-refractivity contribution in [1.29, 1.82) is 0 Å². The van der Waals surface area contributed by atoms with Crippen molar-refractivity contribution in [2.75, 3.05) is 13.2 Å². The normalized spacial score (nSPS) is 11.1. The molecule has 0 fully saturated rings. The summed E-state index contributed by atoms with van der Waals surface area (Å²) < 4.78 is 8.29. The van der Waals surface area contributed by atoms with E-state index in [1.165, 1.54) is 11.1 Å². The molecule has 0 bridgehead atoms. The van der Waals surface area contributed by atoms with E-state index in [4.69, 9.17) is 21.3 Å². The van der Waals surface area contributed by atoms with E-state index in [-0.39, 0.29) is 5.91 Å². The third-order valence-electron chi connectivity index (χ3n) is 5.94. The monoisotopic (exact) mass is 489 g/mol. The zero-order chi connectivity index (χ0) is 24.6. The van der Waals surface area contributed by atoms with Crippen LogP contribution in [0.1, 0.15) is 46.6 Å². The minimum absolute atomic E-state index is 0.0843. The van der Waals surface area contributed by atoms with Crippen LogP contribution in [0.2, 0.25) is 5.02 Å². The minimum atomic E-state index is -0.0843. The van der Waals surface area contributed by atoms with Gasteiger partial charge in [0.15, 0.2) is 0 Å². The van der Waals surface area contributed by atoms with E-state index in [1.54, 1.807) is 24.3 Å². The Bertz CT molecular complexity index is 1260. The number of imidazole rings is 1. The maximum absolute atomic E-state index is 12.3. The summed E-state index contributed by atoms with van der Waals surface area (Å²) >= 11 is 5.90. The Balaban J connectivity index is 1.29. The lowest BCUT2D eigenvalue weighted by atomic mass is 10.1. The Hall–Kier alpha value is -3.31. The van der Waals surface area contributed by atoms with E-state index in [2.05, 4.69) is 60.1 Å². The van der Waals surface area contributed by atoms with Gasteiger partial charge < -0.3 is 14.6 Å². The van der Waals surface area contributed by atoms with Crippen molar-refractivity contribution in [2.24, 2.45) is 0 Å². The Morgan fingerprint density at radius 2 is 1.71 bits per heavy atom. The predicted octanol–water partition coefficient (Wildman–Crippen LogP) is 6.53. The lowest BCUT2D eigenvalue weighted by Crippen LogP contribution is -2.25. The first-order chi connectivity index (χ1) is 17.0. The van der Waals surface area contributed by atoms with Gasteiger partial charge >= 0.3 is 0 Å². The summed E-state index contributed by atoms with van der Waals surface area (Å²) in [6.45, 7) is 6.36. The molecule has 0 unspecified atom stereocenters. The quantitative estimate of drug-likeness (QED) is 0.244. The Labute approximate surface area is 212 Å². The minimum Gasteiger partial charge on any atom is -0.494 e. The Kier molecular flexibility index (Phi) is 8.43. The first kappa shape index (κ1) is 24.8. The van der Waals surface area contributed by atoms with Crippen molar-refractivity contribution in [3.05, 3.63) is 94.3 Å². The fourth-order valence-electron chi connectivity index (χ4n) is 4.30. The summed E-state index contributed by atoms with van der Waals surface area (Å²) in [7, 11) is 0. The highest BCUT2D eigenvalue weighted by molar-refractivity contribution is 6.30. The number of amides is 1. The number of aromatic nitrogens is 2. The van der Waals surface area contributed by atoms with Crippen molar-refractivity contribution < 1.29 is 9.53 Å². The molecule has 0 aliphatic heterocycles. The number of halogens is 1. The molecule has 35 heavy (non-hydrogen) atoms. The number of carbonyl (C=O) groups excluding carboxylic acids is 1. The summed E-state index contributed by atoms with van der Waals surface area (Å²) in [5, 5.41) is 3.61. The van der Waals surface area contributed by atoms with Gasteiger partial charge in [0.1, 0.15) is 11.6 Å². The SMILES string of the molecule is Cc1cc(C)cc(OCCCCn2c(CCCNC(=O)c3ccc(Cl)cc3)nc3ccccc32)c1. The van der Waals surface area contributed by atoms with E-state index in [0.29, 0.717) is 23.7 Å². The molecule has 0 saturated carbocycles. The van der Waals surface area contributed by atoms with Crippen LogP contribution in [-0.2, 0) is 13.0 Å². The average molecular weight is 490 g/mol. The van der Waals surface area contributed by atoms with Gasteiger partial charge in [-0.3, -0.25) is 4.79 Å². The topological polar surface area (TPSA) is 56.1 Å². The Morgan fingerprint density at radius 3 is 2.49 bits per heavy atom. The molecule has 0 atom stereocenters. The first-order valence-electron chi connectivity index (χ1n) is 12.2. The molecule has 0 aliphatic carbocycles. The highest BCUT2D eigenvalue weighted by Crippen LogP contribution is 2.19. The molecule has 1 aromatic heterocycles. The van der Waals surface area contributed by atoms with Gasteiger partial charge in [-0.2, -0.15) is 0 Å². The molecule has 1 heterocycles. The highest BCUT2D eigenvalue weighted by atomic mass is 35.5. The van der Waals surface area contributed by atoms with Crippen LogP contribution in [0.5, 0.6) is 5.75 Å². The van der Waals surface area contributed by atoms with Gasteiger partial charge in [-0.15, -0.1) is 0 Å². The molecule has 3 aromatic carbocycles. The van der Waals surface area contributed by atoms with E-state index >= 15 is 0 Å². The molecule has 0 radical (unpaired) electrons. The van der Waals surface area contributed by atoms with Crippen LogP contribution in [0, 0.1) is 13.8 Å². The highest BCUT2D eigenvalue weighted by Gasteiger charge is 2.11. The standard InChI is InChI=1S/C29H32ClN3O2/c1-21-18-22(2)20-25(19-21)35-17-6-5-16-33-27-9-4-3-8-26(27)32-28(33)10-7-15-31-29(34)23-11-13-24(30)14-12-23/h3-4,8-9,11-14,18-20H,5-7,10,15-17H2,1-2H3,(H,31,34). The van der Waals surface area contributed by atoms with Crippen molar-refractivity contribution >= 4 is 28.5 Å². The number of fused-ring (bicyclic) bond motifs is 1. The van der Waals surface area contributed by atoms with E-state index < -0.39 is 0 Å². The largest absolute Gasteiger partial charge is 0.494 e. The summed E-state index contributed by atoms with van der Waals surface area (Å²) in [6.07, 6.45) is 3.59. The number of carbonyl (C=O) groups is 1. The molecule has 1 amide bonds. The van der Waals surface area contributed by atoms with Gasteiger partial charge in [-0.05, 0) is 92.8 Å². The van der Waals surface area contributed by atoms with Gasteiger partial charge in [0.2, 0.25) is 0 Å². The predicted molar refractivity (Wildman–Crippen MR) is 142 cm³/mol. The fourth-order valence-corrected chi connectivity index (χ4v) is 4.42. The summed E-state index contributed by atoms with van der Waals surface area (Å²) in [5.41, 5.74) is 5.23. The number of hydrogen-bond acceptors (Lipinski definition) is 3. The van der Waals surface area contributed by atoms with Crippen LogP contribution < -0.4 is 10.1 Å². The molecular weight excluding hydrogens is 458 g/mol. The first-order valence-corrected chi connectivity index (χ1v) is 12.6. The average Bonchev–Trinajstić information content (AvgIpc) is 3.18. The molecule has 6 heteroatoms. The smallest absolute Gasteiger partial charge is 0.251 e. The molecular formula is C29H32ClN3O2. The molecule has 4 aromatic rings. The van der Waals surface area contributed by atoms with Crippen molar-refractivity contribution in [3.63, 3.8) is 0 Å². The second-order valence-electron chi connectivity index (χ2n) is 8.91. The fraction of sp³-hybridized carbons (Fsp3) is 0.310. The Morgan fingerprint density at radius 1 is 0.971 bits per heavy atom. The second-order valence-corrected chi connectivity index (χ2v) is 9.35.